The van der Waals surface area contributed by atoms with Gasteiger partial charge in [0.1, 0.15) is 22.9 Å². The van der Waals surface area contributed by atoms with Gasteiger partial charge in [0, 0.05) is 69.1 Å². The first kappa shape index (κ1) is 53.2. The van der Waals surface area contributed by atoms with Crippen molar-refractivity contribution in [3.63, 3.8) is 0 Å². The summed E-state index contributed by atoms with van der Waals surface area (Å²) in [6.45, 7) is 12.1. The summed E-state index contributed by atoms with van der Waals surface area (Å²) in [6.07, 6.45) is 10.8. The second kappa shape index (κ2) is 23.4. The second-order valence-corrected chi connectivity index (χ2v) is 21.0. The normalized spacial score (nSPS) is 16.8. The largest absolute Gasteiger partial charge is 0.311 e. The number of anilines is 10. The van der Waals surface area contributed by atoms with Crippen LogP contribution in [0.3, 0.4) is 0 Å². The highest BCUT2D eigenvalue weighted by Gasteiger charge is 2.55. The Morgan fingerprint density at radius 1 is 0.400 bits per heavy atom. The first-order chi connectivity index (χ1) is 41.9. The number of fused-ring (bicyclic) bond motifs is 3. The van der Waals surface area contributed by atoms with E-state index >= 15 is 0 Å². The fourth-order valence-electron chi connectivity index (χ4n) is 12.3. The Morgan fingerprint density at radius 2 is 0.718 bits per heavy atom. The van der Waals surface area contributed by atoms with Crippen LogP contribution in [0.1, 0.15) is 35.0 Å². The third kappa shape index (κ3) is 9.83. The van der Waals surface area contributed by atoms with Gasteiger partial charge in [-0.1, -0.05) is 232 Å². The average molecular weight is 1100 g/mol. The fraction of sp³-hybridized carbons (Fsp3) is 0.0385. The van der Waals surface area contributed by atoms with Crippen molar-refractivity contribution in [3.8, 4) is 0 Å². The summed E-state index contributed by atoms with van der Waals surface area (Å²) in [5, 5.41) is 0. The molecule has 0 saturated carbocycles. The van der Waals surface area contributed by atoms with E-state index in [0.29, 0.717) is 23.3 Å². The van der Waals surface area contributed by atoms with Crippen LogP contribution in [0.5, 0.6) is 0 Å². The van der Waals surface area contributed by atoms with Crippen LogP contribution in [-0.4, -0.2) is 15.7 Å². The van der Waals surface area contributed by atoms with Gasteiger partial charge >= 0.3 is 0 Å². The molecule has 1 heterocycles. The van der Waals surface area contributed by atoms with Gasteiger partial charge in [-0.05, 0) is 132 Å². The van der Waals surface area contributed by atoms with Crippen LogP contribution >= 0.6 is 0 Å². The molecule has 10 aromatic carbocycles. The van der Waals surface area contributed by atoms with Crippen molar-refractivity contribution >= 4 is 62.8 Å². The minimum absolute atomic E-state index is 0.562. The number of rotatable bonds is 16. The highest BCUT2D eigenvalue weighted by Crippen LogP contribution is 2.58. The summed E-state index contributed by atoms with van der Waals surface area (Å²) in [5.74, 6) is 2.59. The molecule has 0 amide bonds. The molecule has 2 aliphatic carbocycles. The molecule has 408 valence electrons. The van der Waals surface area contributed by atoms with Crippen molar-refractivity contribution in [2.45, 2.75) is 17.8 Å². The molecule has 0 atom stereocenters. The summed E-state index contributed by atoms with van der Waals surface area (Å²) in [4.78, 5) is 26.7. The molecule has 0 unspecified atom stereocenters. The van der Waals surface area contributed by atoms with Gasteiger partial charge in [-0.25, -0.2) is 15.0 Å². The van der Waals surface area contributed by atoms with Crippen molar-refractivity contribution in [2.24, 2.45) is 4.99 Å². The number of hydrogen-bond donors (Lipinski definition) is 0. The molecule has 0 fully saturated rings. The third-order valence-electron chi connectivity index (χ3n) is 16.0. The van der Waals surface area contributed by atoms with Crippen molar-refractivity contribution in [1.29, 1.82) is 0 Å². The highest BCUT2D eigenvalue weighted by molar-refractivity contribution is 6.02. The van der Waals surface area contributed by atoms with Crippen LogP contribution in [-0.2, 0) is 10.8 Å². The van der Waals surface area contributed by atoms with E-state index in [4.69, 9.17) is 28.1 Å². The van der Waals surface area contributed by atoms with Gasteiger partial charge in [0.2, 0.25) is 0 Å². The van der Waals surface area contributed by atoms with Gasteiger partial charge in [0.25, 0.3) is 0 Å². The van der Waals surface area contributed by atoms with E-state index in [2.05, 4.69) is 306 Å². The molecule has 1 aromatic heterocycles. The first-order valence-corrected chi connectivity index (χ1v) is 28.7. The molecule has 85 heavy (non-hydrogen) atoms. The molecule has 2 bridgehead atoms. The lowest BCUT2D eigenvalue weighted by Crippen LogP contribution is -2.47. The van der Waals surface area contributed by atoms with Gasteiger partial charge in [0.05, 0.1) is 5.41 Å². The number of aromatic nitrogens is 2. The lowest BCUT2D eigenvalue weighted by Gasteiger charge is -2.48. The summed E-state index contributed by atoms with van der Waals surface area (Å²) in [6, 6.07) is 103. The van der Waals surface area contributed by atoms with E-state index in [1.54, 1.807) is 0 Å². The Labute approximate surface area is 498 Å². The maximum absolute atomic E-state index is 6.03. The van der Waals surface area contributed by atoms with E-state index in [1.165, 1.54) is 0 Å². The van der Waals surface area contributed by atoms with Gasteiger partial charge < -0.3 is 4.90 Å². The lowest BCUT2D eigenvalue weighted by atomic mass is 9.54. The summed E-state index contributed by atoms with van der Waals surface area (Å²) in [7, 11) is 0. The van der Waals surface area contributed by atoms with Crippen LogP contribution in [0.15, 0.2) is 363 Å². The minimum Gasteiger partial charge on any atom is -0.311 e. The molecule has 13 rings (SSSR count). The average Bonchev–Trinajstić information content (AvgIpc) is 1.50. The molecule has 0 saturated heterocycles. The van der Waals surface area contributed by atoms with E-state index in [1.807, 2.05) is 48.5 Å². The summed E-state index contributed by atoms with van der Waals surface area (Å²) < 4.78 is 0. The molecule has 0 aliphatic heterocycles. The first-order valence-electron chi connectivity index (χ1n) is 28.7. The SMILES string of the molecule is C=C(/C=C(\N=C(/C)C12/C=C\C=C/C(=C)C(c3nc(N(c4ccccc4)c4ccccc4)cc(N(c4ccccc4)c4ccccc4)n3)(c3ccccc31)c1ccccc12)N(c1ccccc1)c1ccccc1)N(c1ccccc1)c1ccccc1. The molecular formula is C78H61N7. The van der Waals surface area contributed by atoms with Crippen LogP contribution in [0.4, 0.5) is 57.1 Å². The Morgan fingerprint density at radius 3 is 1.08 bits per heavy atom. The second-order valence-electron chi connectivity index (χ2n) is 21.0. The Bertz CT molecular complexity index is 3970. The number of hydrogen-bond acceptors (Lipinski definition) is 7. The molecule has 2 aliphatic rings. The third-order valence-corrected chi connectivity index (χ3v) is 16.0. The van der Waals surface area contributed by atoms with Crippen molar-refractivity contribution in [1.82, 2.24) is 9.97 Å². The maximum Gasteiger partial charge on any atom is 0.152 e. The Hall–Kier alpha value is -11.2. The van der Waals surface area contributed by atoms with Crippen molar-refractivity contribution in [2.75, 3.05) is 19.6 Å². The van der Waals surface area contributed by atoms with Gasteiger partial charge in [-0.15, -0.1) is 0 Å². The molecule has 0 radical (unpaired) electrons. The van der Waals surface area contributed by atoms with Crippen LogP contribution < -0.4 is 19.6 Å². The summed E-state index contributed by atoms with van der Waals surface area (Å²) >= 11 is 0. The monoisotopic (exact) mass is 1100 g/mol. The zero-order valence-electron chi connectivity index (χ0n) is 47.2. The standard InChI is InChI=1S/C78H61N7/c1-58-34-32-33-55-77(60(3)79-73(83(63-39-16-6-17-40-63)64-41-18-7-19-42-64)56-59(2)82(61-35-12-4-13-36-61)62-37-14-5-15-38-62)69-51-28-30-53-71(69)78(58,72-54-31-29-52-70(72)77)76-80-74(84(65-43-20-8-21-44-65)66-45-22-9-23-46-66)57-75(81-76)85(67-47-24-10-25-48-67)68-49-26-11-27-50-68/h4-57H,1-2H2,3H3/b34-32-,55-33-,73-56+,79-60+. The fourth-order valence-corrected chi connectivity index (χ4v) is 12.3. The highest BCUT2D eigenvalue weighted by atomic mass is 15.3. The maximum atomic E-state index is 6.03. The zero-order valence-corrected chi connectivity index (χ0v) is 47.2. The predicted molar refractivity (Wildman–Crippen MR) is 353 cm³/mol. The number of aliphatic imine (C=N–C) groups is 1. The number of para-hydroxylation sites is 8. The predicted octanol–water partition coefficient (Wildman–Crippen LogP) is 19.5. The lowest BCUT2D eigenvalue weighted by molar-refractivity contribution is 0.618. The van der Waals surface area contributed by atoms with E-state index in [0.717, 1.165) is 84.7 Å². The number of nitrogens with zero attached hydrogens (tertiary/aromatic N) is 7. The molecule has 11 aromatic rings. The smallest absolute Gasteiger partial charge is 0.152 e. The van der Waals surface area contributed by atoms with Crippen molar-refractivity contribution < 1.29 is 0 Å². The van der Waals surface area contributed by atoms with Crippen LogP contribution in [0.25, 0.3) is 0 Å². The van der Waals surface area contributed by atoms with E-state index in [-0.39, 0.29) is 0 Å². The Balaban J connectivity index is 1.09. The molecule has 0 spiro atoms. The van der Waals surface area contributed by atoms with E-state index in [9.17, 15) is 0 Å². The topological polar surface area (TPSA) is 51.1 Å². The van der Waals surface area contributed by atoms with Crippen LogP contribution in [0, 0.1) is 0 Å². The van der Waals surface area contributed by atoms with Crippen molar-refractivity contribution in [3.05, 3.63) is 386 Å². The van der Waals surface area contributed by atoms with Gasteiger partial charge in [0.15, 0.2) is 5.82 Å². The van der Waals surface area contributed by atoms with Gasteiger partial charge in [-0.2, -0.15) is 0 Å². The molecule has 7 nitrogen and oxygen atoms in total. The van der Waals surface area contributed by atoms with Gasteiger partial charge in [-0.3, -0.25) is 14.7 Å². The molecule has 7 heteroatoms. The Kier molecular flexibility index (Phi) is 14.6. The molecular weight excluding hydrogens is 1030 g/mol. The molecule has 0 N–H and O–H groups in total. The minimum atomic E-state index is -1.17. The number of benzene rings is 10. The quantitative estimate of drug-likeness (QED) is 0.0710. The zero-order chi connectivity index (χ0) is 57.6. The van der Waals surface area contributed by atoms with E-state index < -0.39 is 10.8 Å². The van der Waals surface area contributed by atoms with Crippen LogP contribution in [0.2, 0.25) is 0 Å². The summed E-state index contributed by atoms with van der Waals surface area (Å²) in [5.41, 5.74) is 11.9. The number of allylic oxidation sites excluding steroid dienone is 6.